The number of nitrogens with one attached hydrogen (secondary N) is 2. The lowest BCUT2D eigenvalue weighted by molar-refractivity contribution is -0.136. The van der Waals surface area contributed by atoms with Gasteiger partial charge < -0.3 is 10.6 Å². The van der Waals surface area contributed by atoms with Crippen LogP contribution in [0.1, 0.15) is 52.9 Å². The summed E-state index contributed by atoms with van der Waals surface area (Å²) < 4.78 is 0. The lowest BCUT2D eigenvalue weighted by atomic mass is 9.75. The fraction of sp³-hybridized carbons (Fsp3) is 0.800. The monoisotopic (exact) mass is 295 g/mol. The number of carbonyl (C=O) groups is 3. The first-order valence-corrected chi connectivity index (χ1v) is 7.81. The quantitative estimate of drug-likeness (QED) is 0.770. The number of urea groups is 1. The maximum atomic E-state index is 12.6. The Morgan fingerprint density at radius 1 is 1.38 bits per heavy atom. The molecule has 21 heavy (non-hydrogen) atoms. The van der Waals surface area contributed by atoms with Crippen LogP contribution in [0.4, 0.5) is 4.79 Å². The molecule has 0 unspecified atom stereocenters. The highest BCUT2D eigenvalue weighted by molar-refractivity contribution is 6.09. The molecule has 2 fully saturated rings. The molecule has 6 heteroatoms. The smallest absolute Gasteiger partial charge is 0.325 e. The number of carbonyl (C=O) groups excluding carboxylic acids is 3. The zero-order valence-corrected chi connectivity index (χ0v) is 13.1. The van der Waals surface area contributed by atoms with Crippen molar-refractivity contribution >= 4 is 17.8 Å². The van der Waals surface area contributed by atoms with E-state index in [1.165, 1.54) is 0 Å². The van der Waals surface area contributed by atoms with Gasteiger partial charge in [0.05, 0.1) is 0 Å². The topological polar surface area (TPSA) is 78.5 Å². The van der Waals surface area contributed by atoms with Crippen molar-refractivity contribution in [1.29, 1.82) is 0 Å². The summed E-state index contributed by atoms with van der Waals surface area (Å²) in [5, 5.41) is 5.54. The highest BCUT2D eigenvalue weighted by Crippen LogP contribution is 2.37. The average molecular weight is 295 g/mol. The van der Waals surface area contributed by atoms with E-state index in [2.05, 4.69) is 17.6 Å². The molecule has 2 aliphatic rings. The van der Waals surface area contributed by atoms with Crippen LogP contribution in [0.3, 0.4) is 0 Å². The summed E-state index contributed by atoms with van der Waals surface area (Å²) >= 11 is 0. The Morgan fingerprint density at radius 3 is 2.52 bits per heavy atom. The second kappa shape index (κ2) is 6.03. The van der Waals surface area contributed by atoms with Crippen LogP contribution in [-0.4, -0.2) is 40.9 Å². The molecule has 2 rings (SSSR count). The maximum absolute atomic E-state index is 12.6. The molecule has 0 aromatic rings. The average Bonchev–Trinajstić information content (AvgIpc) is 2.64. The van der Waals surface area contributed by atoms with E-state index < -0.39 is 11.6 Å². The third-order valence-corrected chi connectivity index (χ3v) is 4.53. The third kappa shape index (κ3) is 3.19. The molecule has 1 heterocycles. The van der Waals surface area contributed by atoms with Gasteiger partial charge in [0.15, 0.2) is 0 Å². The number of rotatable bonds is 4. The molecule has 0 aromatic heterocycles. The van der Waals surface area contributed by atoms with E-state index in [1.807, 2.05) is 13.8 Å². The molecular formula is C15H25N3O3. The van der Waals surface area contributed by atoms with E-state index in [-0.39, 0.29) is 24.4 Å². The van der Waals surface area contributed by atoms with Crippen LogP contribution < -0.4 is 10.6 Å². The first kappa shape index (κ1) is 15.8. The van der Waals surface area contributed by atoms with E-state index >= 15 is 0 Å². The number of amides is 4. The minimum atomic E-state index is -0.763. The van der Waals surface area contributed by atoms with Gasteiger partial charge in [0, 0.05) is 6.04 Å². The van der Waals surface area contributed by atoms with Gasteiger partial charge in [0.25, 0.3) is 5.91 Å². The molecule has 0 radical (unpaired) electrons. The minimum Gasteiger partial charge on any atom is -0.352 e. The van der Waals surface area contributed by atoms with Crippen LogP contribution in [0.25, 0.3) is 0 Å². The van der Waals surface area contributed by atoms with Gasteiger partial charge in [-0.1, -0.05) is 13.3 Å². The lowest BCUT2D eigenvalue weighted by Crippen LogP contribution is -2.50. The highest BCUT2D eigenvalue weighted by Gasteiger charge is 2.52. The summed E-state index contributed by atoms with van der Waals surface area (Å²) in [5.74, 6) is 0.104. The second-order valence-electron chi connectivity index (χ2n) is 6.48. The Kier molecular flexibility index (Phi) is 4.54. The summed E-state index contributed by atoms with van der Waals surface area (Å²) in [6, 6.07) is -0.443. The Labute approximate surface area is 125 Å². The SMILES string of the molecule is CCC1CCC2(CC1)NC(=O)N(CC(=O)NC(C)C)C2=O. The van der Waals surface area contributed by atoms with Gasteiger partial charge in [-0.25, -0.2) is 4.79 Å². The van der Waals surface area contributed by atoms with Gasteiger partial charge in [0.2, 0.25) is 5.91 Å². The first-order chi connectivity index (χ1) is 9.88. The number of hydrogen-bond donors (Lipinski definition) is 2. The molecule has 2 N–H and O–H groups in total. The van der Waals surface area contributed by atoms with Gasteiger partial charge in [-0.05, 0) is 45.4 Å². The molecule has 4 amide bonds. The Hall–Kier alpha value is -1.59. The molecule has 118 valence electrons. The lowest BCUT2D eigenvalue weighted by Gasteiger charge is -2.34. The summed E-state index contributed by atoms with van der Waals surface area (Å²) in [4.78, 5) is 37.5. The molecule has 1 saturated carbocycles. The van der Waals surface area contributed by atoms with Crippen molar-refractivity contribution in [1.82, 2.24) is 15.5 Å². The van der Waals surface area contributed by atoms with Crippen molar-refractivity contribution in [3.05, 3.63) is 0 Å². The standard InChI is InChI=1S/C15H25N3O3/c1-4-11-5-7-15(8-6-11)13(20)18(14(21)17-15)9-12(19)16-10(2)3/h10-11H,4-9H2,1-3H3,(H,16,19)(H,17,21). The van der Waals surface area contributed by atoms with Crippen molar-refractivity contribution in [2.45, 2.75) is 64.5 Å². The van der Waals surface area contributed by atoms with Gasteiger partial charge in [0.1, 0.15) is 12.1 Å². The van der Waals surface area contributed by atoms with Crippen LogP contribution in [-0.2, 0) is 9.59 Å². The van der Waals surface area contributed by atoms with Gasteiger partial charge >= 0.3 is 6.03 Å². The predicted octanol–water partition coefficient (Wildman–Crippen LogP) is 1.40. The van der Waals surface area contributed by atoms with Crippen LogP contribution in [0.5, 0.6) is 0 Å². The summed E-state index contributed by atoms with van der Waals surface area (Å²) in [6.45, 7) is 5.65. The Balaban J connectivity index is 2.02. The summed E-state index contributed by atoms with van der Waals surface area (Å²) in [6.07, 6.45) is 4.37. The van der Waals surface area contributed by atoms with Crippen molar-refractivity contribution < 1.29 is 14.4 Å². The zero-order chi connectivity index (χ0) is 15.6. The molecule has 1 saturated heterocycles. The van der Waals surface area contributed by atoms with Crippen molar-refractivity contribution in [3.8, 4) is 0 Å². The Bertz CT molecular complexity index is 439. The van der Waals surface area contributed by atoms with Crippen LogP contribution in [0, 0.1) is 5.92 Å². The zero-order valence-electron chi connectivity index (χ0n) is 13.1. The minimum absolute atomic E-state index is 0.00720. The molecule has 1 aliphatic carbocycles. The van der Waals surface area contributed by atoms with Crippen molar-refractivity contribution in [3.63, 3.8) is 0 Å². The maximum Gasteiger partial charge on any atom is 0.325 e. The molecule has 1 spiro atoms. The number of imide groups is 1. The fourth-order valence-electron chi connectivity index (χ4n) is 3.25. The van der Waals surface area contributed by atoms with E-state index in [1.54, 1.807) is 0 Å². The van der Waals surface area contributed by atoms with E-state index in [0.717, 1.165) is 24.2 Å². The molecule has 0 bridgehead atoms. The molecule has 6 nitrogen and oxygen atoms in total. The largest absolute Gasteiger partial charge is 0.352 e. The highest BCUT2D eigenvalue weighted by atomic mass is 16.2. The third-order valence-electron chi connectivity index (χ3n) is 4.53. The number of hydrogen-bond acceptors (Lipinski definition) is 3. The van der Waals surface area contributed by atoms with Crippen LogP contribution in [0.15, 0.2) is 0 Å². The van der Waals surface area contributed by atoms with Crippen molar-refractivity contribution in [2.75, 3.05) is 6.54 Å². The molecule has 0 atom stereocenters. The molecule has 1 aliphatic heterocycles. The van der Waals surface area contributed by atoms with Gasteiger partial charge in [-0.3, -0.25) is 14.5 Å². The van der Waals surface area contributed by atoms with Crippen molar-refractivity contribution in [2.24, 2.45) is 5.92 Å². The van der Waals surface area contributed by atoms with E-state index in [0.29, 0.717) is 18.8 Å². The van der Waals surface area contributed by atoms with E-state index in [4.69, 9.17) is 0 Å². The van der Waals surface area contributed by atoms with Gasteiger partial charge in [-0.15, -0.1) is 0 Å². The second-order valence-corrected chi connectivity index (χ2v) is 6.48. The van der Waals surface area contributed by atoms with E-state index in [9.17, 15) is 14.4 Å². The van der Waals surface area contributed by atoms with Gasteiger partial charge in [-0.2, -0.15) is 0 Å². The van der Waals surface area contributed by atoms with Crippen LogP contribution >= 0.6 is 0 Å². The normalized spacial score (nSPS) is 29.1. The number of nitrogens with zero attached hydrogens (tertiary/aromatic N) is 1. The Morgan fingerprint density at radius 2 is 2.00 bits per heavy atom. The summed E-state index contributed by atoms with van der Waals surface area (Å²) in [5.41, 5.74) is -0.763. The predicted molar refractivity (Wildman–Crippen MR) is 78.5 cm³/mol. The fourth-order valence-corrected chi connectivity index (χ4v) is 3.25. The molecule has 0 aromatic carbocycles. The molecular weight excluding hydrogens is 270 g/mol. The summed E-state index contributed by atoms with van der Waals surface area (Å²) in [7, 11) is 0. The first-order valence-electron chi connectivity index (χ1n) is 7.81. The van der Waals surface area contributed by atoms with Crippen LogP contribution in [0.2, 0.25) is 0 Å².